The molecular weight excluding hydrogens is 372 g/mol. The number of hydrazone groups is 1. The van der Waals surface area contributed by atoms with Crippen LogP contribution in [-0.4, -0.2) is 11.8 Å². The van der Waals surface area contributed by atoms with Crippen molar-refractivity contribution in [2.24, 2.45) is 5.10 Å². The lowest BCUT2D eigenvalue weighted by Gasteiger charge is -2.20. The van der Waals surface area contributed by atoms with Gasteiger partial charge in [0.15, 0.2) is 0 Å². The van der Waals surface area contributed by atoms with Gasteiger partial charge in [-0.1, -0.05) is 78.9 Å². The number of fused-ring (bicyclic) bond motifs is 1. The number of anilines is 1. The van der Waals surface area contributed by atoms with Crippen molar-refractivity contribution in [1.82, 2.24) is 0 Å². The molecule has 4 nitrogen and oxygen atoms in total. The number of para-hydroxylation sites is 2. The minimum Gasteiger partial charge on any atom is -0.422 e. The van der Waals surface area contributed by atoms with Gasteiger partial charge in [0.05, 0.1) is 23.0 Å². The molecule has 1 aliphatic heterocycles. The van der Waals surface area contributed by atoms with Crippen LogP contribution in [0, 0.1) is 0 Å². The molecule has 0 N–H and O–H groups in total. The Morgan fingerprint density at radius 1 is 0.900 bits per heavy atom. The Labute approximate surface area is 174 Å². The molecule has 0 saturated carbocycles. The van der Waals surface area contributed by atoms with Gasteiger partial charge in [0.25, 0.3) is 0 Å². The van der Waals surface area contributed by atoms with Gasteiger partial charge in [-0.3, -0.25) is 5.01 Å². The van der Waals surface area contributed by atoms with Gasteiger partial charge >= 0.3 is 5.63 Å². The predicted octanol–water partition coefficient (Wildman–Crippen LogP) is 5.49. The van der Waals surface area contributed by atoms with Gasteiger partial charge in [0, 0.05) is 11.8 Å². The minimum atomic E-state index is -0.354. The van der Waals surface area contributed by atoms with Crippen molar-refractivity contribution in [2.75, 3.05) is 5.01 Å². The van der Waals surface area contributed by atoms with E-state index in [0.29, 0.717) is 17.6 Å². The molecule has 1 atom stereocenters. The second-order valence-corrected chi connectivity index (χ2v) is 7.25. The zero-order valence-corrected chi connectivity index (χ0v) is 16.3. The third-order valence-corrected chi connectivity index (χ3v) is 5.23. The lowest BCUT2D eigenvalue weighted by Crippen LogP contribution is -2.24. The Bertz CT molecular complexity index is 1290. The fourth-order valence-corrected chi connectivity index (χ4v) is 3.72. The van der Waals surface area contributed by atoms with E-state index in [2.05, 4.69) is 24.3 Å². The van der Waals surface area contributed by atoms with Crippen LogP contribution in [0.1, 0.15) is 17.5 Å². The summed E-state index contributed by atoms with van der Waals surface area (Å²) >= 11 is 0. The van der Waals surface area contributed by atoms with Crippen molar-refractivity contribution in [3.05, 3.63) is 119 Å². The van der Waals surface area contributed by atoms with Crippen molar-refractivity contribution in [3.63, 3.8) is 0 Å². The summed E-state index contributed by atoms with van der Waals surface area (Å²) in [5.74, 6) is 0. The van der Waals surface area contributed by atoms with Crippen LogP contribution < -0.4 is 10.6 Å². The summed E-state index contributed by atoms with van der Waals surface area (Å²) in [6.45, 7) is 0. The first kappa shape index (κ1) is 18.1. The number of benzene rings is 3. The highest BCUT2D eigenvalue weighted by Gasteiger charge is 2.28. The predicted molar refractivity (Wildman–Crippen MR) is 122 cm³/mol. The molecule has 5 rings (SSSR count). The van der Waals surface area contributed by atoms with Crippen molar-refractivity contribution in [3.8, 4) is 0 Å². The molecule has 2 heterocycles. The summed E-state index contributed by atoms with van der Waals surface area (Å²) in [4.78, 5) is 12.7. The maximum absolute atomic E-state index is 12.7. The maximum Gasteiger partial charge on any atom is 0.345 e. The second kappa shape index (κ2) is 7.84. The maximum atomic E-state index is 12.7. The van der Waals surface area contributed by atoms with E-state index >= 15 is 0 Å². The molecule has 30 heavy (non-hydrogen) atoms. The standard InChI is InChI=1S/C26H20N2O2/c29-26-23(17-20-11-7-8-14-25(20)30-26)24-18-22(16-15-19-9-3-1-4-10-19)28(27-24)21-12-5-2-6-13-21/h1-17,22H,18H2/b16-15+. The van der Waals surface area contributed by atoms with Crippen LogP contribution in [-0.2, 0) is 0 Å². The Balaban J connectivity index is 1.54. The molecule has 3 aromatic carbocycles. The quantitative estimate of drug-likeness (QED) is 0.432. The number of nitrogens with zero attached hydrogens (tertiary/aromatic N) is 2. The van der Waals surface area contributed by atoms with Crippen molar-refractivity contribution < 1.29 is 4.42 Å². The third kappa shape index (κ3) is 3.55. The van der Waals surface area contributed by atoms with E-state index in [-0.39, 0.29) is 11.7 Å². The van der Waals surface area contributed by atoms with Gasteiger partial charge in [-0.2, -0.15) is 5.10 Å². The van der Waals surface area contributed by atoms with Gasteiger partial charge in [-0.15, -0.1) is 0 Å². The average Bonchev–Trinajstić information content (AvgIpc) is 3.22. The van der Waals surface area contributed by atoms with Crippen LogP contribution in [0.5, 0.6) is 0 Å². The van der Waals surface area contributed by atoms with E-state index in [4.69, 9.17) is 9.52 Å². The largest absolute Gasteiger partial charge is 0.422 e. The van der Waals surface area contributed by atoms with Gasteiger partial charge in [0.1, 0.15) is 5.58 Å². The molecule has 0 amide bonds. The smallest absolute Gasteiger partial charge is 0.345 e. The van der Waals surface area contributed by atoms with Crippen LogP contribution >= 0.6 is 0 Å². The van der Waals surface area contributed by atoms with Gasteiger partial charge < -0.3 is 4.42 Å². The summed E-state index contributed by atoms with van der Waals surface area (Å²) in [6.07, 6.45) is 4.87. The average molecular weight is 392 g/mol. The van der Waals surface area contributed by atoms with Crippen LogP contribution in [0.15, 0.2) is 111 Å². The molecule has 1 unspecified atom stereocenters. The monoisotopic (exact) mass is 392 g/mol. The fourth-order valence-electron chi connectivity index (χ4n) is 3.72. The van der Waals surface area contributed by atoms with Crippen molar-refractivity contribution >= 4 is 28.4 Å². The molecule has 0 radical (unpaired) electrons. The number of hydrogen-bond donors (Lipinski definition) is 0. The van der Waals surface area contributed by atoms with Crippen molar-refractivity contribution in [1.29, 1.82) is 0 Å². The van der Waals surface area contributed by atoms with E-state index in [9.17, 15) is 4.79 Å². The summed E-state index contributed by atoms with van der Waals surface area (Å²) in [5, 5.41) is 7.70. The third-order valence-electron chi connectivity index (χ3n) is 5.23. The molecule has 0 spiro atoms. The molecule has 4 heteroatoms. The van der Waals surface area contributed by atoms with Gasteiger partial charge in [0.2, 0.25) is 0 Å². The fraction of sp³-hybridized carbons (Fsp3) is 0.0769. The molecule has 0 saturated heterocycles. The van der Waals surface area contributed by atoms with E-state index in [1.54, 1.807) is 6.07 Å². The molecule has 0 bridgehead atoms. The van der Waals surface area contributed by atoms with E-state index in [0.717, 1.165) is 22.3 Å². The Morgan fingerprint density at radius 3 is 2.40 bits per heavy atom. The van der Waals surface area contributed by atoms with Gasteiger partial charge in [-0.25, -0.2) is 4.79 Å². The first-order valence-electron chi connectivity index (χ1n) is 9.96. The van der Waals surface area contributed by atoms with E-state index in [1.807, 2.05) is 77.8 Å². The molecule has 4 aromatic rings. The lowest BCUT2D eigenvalue weighted by atomic mass is 10.0. The Morgan fingerprint density at radius 2 is 1.60 bits per heavy atom. The summed E-state index contributed by atoms with van der Waals surface area (Å²) in [7, 11) is 0. The number of hydrogen-bond acceptors (Lipinski definition) is 4. The zero-order valence-electron chi connectivity index (χ0n) is 16.3. The SMILES string of the molecule is O=c1oc2ccccc2cc1C1=NN(c2ccccc2)C(/C=C/c2ccccc2)C1. The van der Waals surface area contributed by atoms with Crippen LogP contribution in [0.25, 0.3) is 17.0 Å². The van der Waals surface area contributed by atoms with Gasteiger partial charge in [-0.05, 0) is 29.8 Å². The first-order valence-corrected chi connectivity index (χ1v) is 9.96. The highest BCUT2D eigenvalue weighted by atomic mass is 16.4. The second-order valence-electron chi connectivity index (χ2n) is 7.25. The highest BCUT2D eigenvalue weighted by molar-refractivity contribution is 6.04. The van der Waals surface area contributed by atoms with Crippen LogP contribution in [0.4, 0.5) is 5.69 Å². The van der Waals surface area contributed by atoms with E-state index < -0.39 is 0 Å². The Kier molecular flexibility index (Phi) is 4.74. The topological polar surface area (TPSA) is 45.8 Å². The summed E-state index contributed by atoms with van der Waals surface area (Å²) < 4.78 is 5.54. The molecule has 1 aromatic heterocycles. The molecule has 0 aliphatic carbocycles. The lowest BCUT2D eigenvalue weighted by molar-refractivity contribution is 0.559. The molecule has 0 fully saturated rings. The first-order chi connectivity index (χ1) is 14.8. The van der Waals surface area contributed by atoms with Crippen LogP contribution in [0.3, 0.4) is 0 Å². The number of rotatable bonds is 4. The normalized spacial score (nSPS) is 16.3. The van der Waals surface area contributed by atoms with E-state index in [1.165, 1.54) is 0 Å². The van der Waals surface area contributed by atoms with Crippen molar-refractivity contribution in [2.45, 2.75) is 12.5 Å². The minimum absolute atomic E-state index is 0.00785. The zero-order chi connectivity index (χ0) is 20.3. The highest BCUT2D eigenvalue weighted by Crippen LogP contribution is 2.28. The molecular formula is C26H20N2O2. The van der Waals surface area contributed by atoms with Crippen LogP contribution in [0.2, 0.25) is 0 Å². The molecule has 146 valence electrons. The summed E-state index contributed by atoms with van der Waals surface area (Å²) in [6, 6.07) is 29.6. The Hall–Kier alpha value is -3.92. The summed E-state index contributed by atoms with van der Waals surface area (Å²) in [5.41, 5.74) is 3.61. The molecule has 1 aliphatic rings.